The van der Waals surface area contributed by atoms with Crippen molar-refractivity contribution in [3.63, 3.8) is 0 Å². The van der Waals surface area contributed by atoms with Gasteiger partial charge in [0.1, 0.15) is 64.2 Å². The number of ether oxygens (including phenoxy) is 1. The number of aliphatic hydroxyl groups excluding tert-OH is 2. The van der Waals surface area contributed by atoms with Gasteiger partial charge in [-0.05, 0) is 87.7 Å². The molecule has 0 saturated heterocycles. The summed E-state index contributed by atoms with van der Waals surface area (Å²) in [6.07, 6.45) is 12.3. The Labute approximate surface area is 692 Å². The molecule has 1 aromatic carbocycles. The van der Waals surface area contributed by atoms with E-state index in [0.29, 0.717) is 89.4 Å². The molecular formula is C85H102F9N23O3+2. The van der Waals surface area contributed by atoms with Gasteiger partial charge >= 0.3 is 18.4 Å². The molecule has 0 radical (unpaired) electrons. The molecule has 9 aromatic rings. The topological polar surface area (TPSA) is 387 Å². The number of anilines is 6. The Hall–Kier alpha value is -11.9. The predicted molar refractivity (Wildman–Crippen MR) is 431 cm³/mol. The molecule has 6 atom stereocenters. The number of aryl methyl sites for hydroxylation is 2. The zero-order valence-corrected chi connectivity index (χ0v) is 67.0. The third kappa shape index (κ3) is 22.7. The molecule has 636 valence electrons. The highest BCUT2D eigenvalue weighted by atomic mass is 19.4. The standard InChI is InChI=1S/C25H27FN6.C20H23F3N6O.C20H23F2N5O.C18H19F3N6O.2CH4/c1-25(2)10-8-17(9-11-25)12-21-19(13-27)14-29-24(31-21)30-16-20-15-28-23(26)32-22(20)18-6-4-3-5-7-18;1-18(2)15(7-19(18,3)30-4)28-16-12(8-24)10-26-17(29-16)27-11-13-9-25-6-5-14(13)20(21,22)23;1-19(2)15(8-16(19)28)26-18-13(9-23)11-25-17(27-18)5-4-12-10-24-7-6-14(12)20(3,21)22;1-17(2)13(5-14(17)28)26-15-10(6-22)8-24-16(27-15)25-9-11-7-23-4-3-12(11)18(19,20)21;;/h3-7,14-15,17H,8-12,16H2,1-2H3,(H,29,30,31);5-6,9-10,15H,7,11H2,1-4H3,(H2,26,27,28,29);6-7,10-11,15-16,28H,4-5,8H2,1-3H3,(H,25,26,27);3-4,7-8,13-14,28H,5,9H2,1-2H3,(H2,24,25,26,27);2*1H4/p+2/t;;15-,16+;13-,14-;;/m..01../s1. The molecule has 10 N–H and O–H groups in total. The minimum Gasteiger partial charge on any atom is -0.392 e. The summed E-state index contributed by atoms with van der Waals surface area (Å²) in [5.41, 5.74) is 2.29. The van der Waals surface area contributed by atoms with Crippen LogP contribution < -0.4 is 41.9 Å². The normalized spacial score (nSPS) is 19.6. The first kappa shape index (κ1) is 93.6. The number of nitrogens with zero attached hydrogens (tertiary/aromatic N) is 15. The van der Waals surface area contributed by atoms with Crippen molar-refractivity contribution in [2.45, 2.75) is 222 Å². The van der Waals surface area contributed by atoms with Gasteiger partial charge in [-0.25, -0.2) is 58.6 Å². The van der Waals surface area contributed by atoms with Gasteiger partial charge in [0.05, 0.1) is 70.7 Å². The number of rotatable bonds is 23. The van der Waals surface area contributed by atoms with Crippen molar-refractivity contribution in [1.82, 2.24) is 54.8 Å². The zero-order chi connectivity index (χ0) is 85.8. The van der Waals surface area contributed by atoms with E-state index in [-0.39, 0.29) is 113 Å². The Morgan fingerprint density at radius 1 is 0.533 bits per heavy atom. The molecule has 4 saturated carbocycles. The van der Waals surface area contributed by atoms with Crippen LogP contribution in [0.5, 0.6) is 0 Å². The molecule has 0 bridgehead atoms. The molecule has 8 aromatic heterocycles. The van der Waals surface area contributed by atoms with Gasteiger partial charge in [0.25, 0.3) is 5.92 Å². The number of aliphatic hydroxyl groups is 2. The second-order valence-electron chi connectivity index (χ2n) is 32.4. The molecule has 120 heavy (non-hydrogen) atoms. The Bertz CT molecular complexity index is 5020. The predicted octanol–water partition coefficient (Wildman–Crippen LogP) is 15.6. The summed E-state index contributed by atoms with van der Waals surface area (Å²) < 4.78 is 126. The minimum atomic E-state index is -4.47. The van der Waals surface area contributed by atoms with Crippen molar-refractivity contribution >= 4 is 35.3 Å². The maximum atomic E-state index is 13.8. The molecule has 4 aliphatic rings. The lowest BCUT2D eigenvalue weighted by molar-refractivity contribution is -0.379. The van der Waals surface area contributed by atoms with Gasteiger partial charge in [-0.3, -0.25) is 4.98 Å². The summed E-state index contributed by atoms with van der Waals surface area (Å²) in [5.74, 6) is -0.281. The quantitative estimate of drug-likeness (QED) is 0.0218. The van der Waals surface area contributed by atoms with E-state index in [0.717, 1.165) is 61.6 Å². The largest absolute Gasteiger partial charge is 0.417 e. The van der Waals surface area contributed by atoms with Crippen LogP contribution in [0.1, 0.15) is 202 Å². The molecule has 26 nitrogen and oxygen atoms in total. The third-order valence-corrected chi connectivity index (χ3v) is 23.0. The van der Waals surface area contributed by atoms with Crippen molar-refractivity contribution in [3.05, 3.63) is 195 Å². The summed E-state index contributed by atoms with van der Waals surface area (Å²) in [7, 11) is 1.67. The van der Waals surface area contributed by atoms with E-state index in [1.54, 1.807) is 13.3 Å². The van der Waals surface area contributed by atoms with Crippen molar-refractivity contribution in [1.29, 1.82) is 21.0 Å². The maximum Gasteiger partial charge on any atom is 0.417 e. The highest BCUT2D eigenvalue weighted by Gasteiger charge is 2.58. The van der Waals surface area contributed by atoms with Crippen LogP contribution in [0.2, 0.25) is 0 Å². The zero-order valence-electron chi connectivity index (χ0n) is 67.0. The number of aromatic amines is 2. The lowest BCUT2D eigenvalue weighted by Gasteiger charge is -2.59. The fourth-order valence-corrected chi connectivity index (χ4v) is 14.2. The fourth-order valence-electron chi connectivity index (χ4n) is 14.2. The summed E-state index contributed by atoms with van der Waals surface area (Å²) >= 11 is 0. The van der Waals surface area contributed by atoms with E-state index < -0.39 is 47.7 Å². The van der Waals surface area contributed by atoms with Crippen LogP contribution in [0.25, 0.3) is 11.3 Å². The number of hydrogen-bond donors (Lipinski definition) is 8. The van der Waals surface area contributed by atoms with E-state index >= 15 is 0 Å². The number of methoxy groups -OCH3 is 1. The number of pyridine rings is 3. The van der Waals surface area contributed by atoms with Crippen molar-refractivity contribution in [2.24, 2.45) is 27.6 Å². The van der Waals surface area contributed by atoms with E-state index in [1.807, 2.05) is 77.1 Å². The van der Waals surface area contributed by atoms with Gasteiger partial charge in [-0.2, -0.15) is 61.7 Å². The number of H-pyrrole nitrogens is 2. The number of nitriles is 4. The second kappa shape index (κ2) is 38.9. The van der Waals surface area contributed by atoms with Gasteiger partial charge in [0.2, 0.25) is 17.8 Å². The fraction of sp³-hybridized carbons (Fsp3) is 0.471. The molecule has 0 spiro atoms. The molecule has 8 heterocycles. The van der Waals surface area contributed by atoms with E-state index in [1.165, 1.54) is 80.9 Å². The number of benzene rings is 1. The van der Waals surface area contributed by atoms with Gasteiger partial charge in [-0.1, -0.05) is 101 Å². The lowest BCUT2D eigenvalue weighted by atomic mass is 9.56. The Kier molecular flexibility index (Phi) is 30.3. The summed E-state index contributed by atoms with van der Waals surface area (Å²) in [6.45, 7) is 19.4. The summed E-state index contributed by atoms with van der Waals surface area (Å²) in [6, 6.07) is 20.9. The molecule has 2 unspecified atom stereocenters. The van der Waals surface area contributed by atoms with Crippen LogP contribution in [-0.4, -0.2) is 108 Å². The summed E-state index contributed by atoms with van der Waals surface area (Å²) in [4.78, 5) is 51.1. The van der Waals surface area contributed by atoms with Crippen LogP contribution in [0.4, 0.5) is 74.8 Å². The lowest BCUT2D eigenvalue weighted by Crippen LogP contribution is -2.65. The average molecular weight is 1660 g/mol. The molecule has 0 aliphatic heterocycles. The molecule has 35 heteroatoms. The molecular weight excluding hydrogens is 1560 g/mol. The SMILES string of the molecule is C.C.CC(F)(F)c1ccncc1CCc1ncc(C#N)c(N[C@H]2C[C@@H](O)C2(C)C)n1.CC1(C)CCC(Cc2nc(NCc3cnc(F)nc3-c3ccccc3)ncc2C#N)CC1.CC1(C)[C@H](O)C[C@H]1Nc1nc(NCc2c[nH+]ccc2C(F)(F)F)ncc1C#N.COC1(C)CC(Nc2nc(NCc3c[nH+]ccc3C(F)(F)F)ncc2C#N)C1(C)C. The molecule has 0 amide bonds. The minimum absolute atomic E-state index is 0. The number of aromatic nitrogens is 13. The van der Waals surface area contributed by atoms with E-state index in [4.69, 9.17) is 4.74 Å². The smallest absolute Gasteiger partial charge is 0.392 e. The summed E-state index contributed by atoms with van der Waals surface area (Å²) in [5, 5.41) is 75.6. The van der Waals surface area contributed by atoms with Crippen LogP contribution in [0.15, 0.2) is 117 Å². The van der Waals surface area contributed by atoms with Crippen LogP contribution >= 0.6 is 0 Å². The van der Waals surface area contributed by atoms with E-state index in [2.05, 4.69) is 137 Å². The third-order valence-electron chi connectivity index (χ3n) is 23.0. The Balaban J connectivity index is 0.000000198. The van der Waals surface area contributed by atoms with Gasteiger partial charge < -0.3 is 46.9 Å². The van der Waals surface area contributed by atoms with Crippen molar-refractivity contribution in [2.75, 3.05) is 39.0 Å². The van der Waals surface area contributed by atoms with Crippen LogP contribution in [0, 0.1) is 79.0 Å². The first-order chi connectivity index (χ1) is 55.7. The average Bonchev–Trinajstić information content (AvgIpc) is 0.726. The van der Waals surface area contributed by atoms with E-state index in [9.17, 15) is 70.8 Å². The van der Waals surface area contributed by atoms with Gasteiger partial charge in [0.15, 0.2) is 24.8 Å². The molecule has 13 rings (SSSR count). The van der Waals surface area contributed by atoms with Gasteiger partial charge in [-0.15, -0.1) is 0 Å². The number of hydrogen-bond acceptors (Lipinski definition) is 24. The highest BCUT2D eigenvalue weighted by Crippen LogP contribution is 2.53. The Morgan fingerprint density at radius 2 is 1.00 bits per heavy atom. The first-order valence-corrected chi connectivity index (χ1v) is 38.2. The highest BCUT2D eigenvalue weighted by molar-refractivity contribution is 5.63. The first-order valence-electron chi connectivity index (χ1n) is 38.2. The molecule has 4 aliphatic carbocycles. The van der Waals surface area contributed by atoms with Crippen molar-refractivity contribution < 1.29 is 64.4 Å². The van der Waals surface area contributed by atoms with Gasteiger partial charge in [0, 0.05) is 133 Å². The monoisotopic (exact) mass is 1660 g/mol. The number of halogens is 9. The van der Waals surface area contributed by atoms with Crippen LogP contribution in [-0.2, 0) is 61.9 Å². The maximum absolute atomic E-state index is 13.8. The van der Waals surface area contributed by atoms with Crippen molar-refractivity contribution in [3.8, 4) is 35.5 Å². The molecule has 4 fully saturated rings. The number of nitrogens with one attached hydrogen (secondary N) is 8. The number of alkyl halides is 8. The second-order valence-corrected chi connectivity index (χ2v) is 32.4. The Morgan fingerprint density at radius 3 is 1.46 bits per heavy atom. The van der Waals surface area contributed by atoms with Crippen LogP contribution in [0.3, 0.4) is 0 Å².